The number of rotatable bonds is 3. The summed E-state index contributed by atoms with van der Waals surface area (Å²) in [5.41, 5.74) is 0.813. The van der Waals surface area contributed by atoms with Crippen molar-refractivity contribution in [1.29, 1.82) is 0 Å². The molecule has 2 atom stereocenters. The highest BCUT2D eigenvalue weighted by Gasteiger charge is 2.28. The van der Waals surface area contributed by atoms with Crippen molar-refractivity contribution in [2.24, 2.45) is 0 Å². The highest BCUT2D eigenvalue weighted by atomic mass is 16.6. The molecular formula is C13H16N2O4. The van der Waals surface area contributed by atoms with Gasteiger partial charge in [-0.15, -0.1) is 0 Å². The first-order chi connectivity index (χ1) is 9.02. The molecule has 2 rings (SSSR count). The van der Waals surface area contributed by atoms with E-state index in [9.17, 15) is 14.9 Å². The lowest BCUT2D eigenvalue weighted by Crippen LogP contribution is -2.47. The Morgan fingerprint density at radius 1 is 1.47 bits per heavy atom. The van der Waals surface area contributed by atoms with Gasteiger partial charge in [0.2, 0.25) is 0 Å². The predicted octanol–water partition coefficient (Wildman–Crippen LogP) is 2.02. The minimum absolute atomic E-state index is 0.0292. The lowest BCUT2D eigenvalue weighted by atomic mass is 10.1. The fourth-order valence-corrected chi connectivity index (χ4v) is 2.24. The Morgan fingerprint density at radius 2 is 2.21 bits per heavy atom. The second-order valence-corrected chi connectivity index (χ2v) is 4.77. The first kappa shape index (κ1) is 13.5. The topological polar surface area (TPSA) is 72.7 Å². The predicted molar refractivity (Wildman–Crippen MR) is 70.7 cm³/mol. The van der Waals surface area contributed by atoms with E-state index in [0.717, 1.165) is 0 Å². The van der Waals surface area contributed by atoms with Crippen LogP contribution in [0.1, 0.15) is 24.2 Å². The minimum Gasteiger partial charge on any atom is -0.375 e. The number of hydrogen-bond donors (Lipinski definition) is 0. The quantitative estimate of drug-likeness (QED) is 0.474. The Kier molecular flexibility index (Phi) is 3.80. The molecule has 1 saturated heterocycles. The molecule has 1 aliphatic heterocycles. The minimum atomic E-state index is -0.449. The molecule has 0 saturated carbocycles. The summed E-state index contributed by atoms with van der Waals surface area (Å²) in [6.45, 7) is 5.03. The molecule has 1 heterocycles. The molecule has 6 heteroatoms. The monoisotopic (exact) mass is 264 g/mol. The molecule has 19 heavy (non-hydrogen) atoms. The van der Waals surface area contributed by atoms with Crippen LogP contribution < -0.4 is 4.90 Å². The molecule has 0 N–H and O–H groups in total. The summed E-state index contributed by atoms with van der Waals surface area (Å²) in [4.78, 5) is 23.4. The second-order valence-electron chi connectivity index (χ2n) is 4.77. The molecule has 0 radical (unpaired) electrons. The number of nitro benzene ring substituents is 1. The number of carbonyl (C=O) groups excluding carboxylic acids is 1. The summed E-state index contributed by atoms with van der Waals surface area (Å²) in [6.07, 6.45) is 0.642. The van der Waals surface area contributed by atoms with E-state index in [1.54, 1.807) is 12.1 Å². The van der Waals surface area contributed by atoms with Gasteiger partial charge in [-0.3, -0.25) is 14.9 Å². The van der Waals surface area contributed by atoms with Gasteiger partial charge in [-0.1, -0.05) is 0 Å². The molecule has 1 fully saturated rings. The van der Waals surface area contributed by atoms with E-state index < -0.39 is 4.92 Å². The van der Waals surface area contributed by atoms with Crippen molar-refractivity contribution < 1.29 is 14.5 Å². The van der Waals surface area contributed by atoms with Crippen molar-refractivity contribution in [2.75, 3.05) is 18.1 Å². The molecule has 2 unspecified atom stereocenters. The fourth-order valence-electron chi connectivity index (χ4n) is 2.24. The van der Waals surface area contributed by atoms with Crippen LogP contribution in [0.15, 0.2) is 18.2 Å². The molecule has 102 valence electrons. The van der Waals surface area contributed by atoms with E-state index >= 15 is 0 Å². The van der Waals surface area contributed by atoms with Crippen molar-refractivity contribution in [3.63, 3.8) is 0 Å². The summed E-state index contributed by atoms with van der Waals surface area (Å²) in [6, 6.07) is 4.62. The van der Waals surface area contributed by atoms with E-state index in [1.165, 1.54) is 6.07 Å². The number of nitro groups is 1. The van der Waals surface area contributed by atoms with E-state index in [-0.39, 0.29) is 17.8 Å². The second kappa shape index (κ2) is 5.36. The van der Waals surface area contributed by atoms with Crippen LogP contribution in [0.2, 0.25) is 0 Å². The van der Waals surface area contributed by atoms with Crippen LogP contribution in [0.3, 0.4) is 0 Å². The molecule has 0 aliphatic carbocycles. The van der Waals surface area contributed by atoms with Gasteiger partial charge >= 0.3 is 0 Å². The number of carbonyl (C=O) groups is 1. The van der Waals surface area contributed by atoms with Gasteiger partial charge in [0.05, 0.1) is 17.6 Å². The van der Waals surface area contributed by atoms with Gasteiger partial charge in [0.1, 0.15) is 12.0 Å². The van der Waals surface area contributed by atoms with Gasteiger partial charge in [0, 0.05) is 24.2 Å². The van der Waals surface area contributed by atoms with Crippen LogP contribution in [0.4, 0.5) is 11.4 Å². The van der Waals surface area contributed by atoms with Crippen LogP contribution in [0.25, 0.3) is 0 Å². The Hall–Kier alpha value is -1.95. The van der Waals surface area contributed by atoms with Crippen LogP contribution in [0.5, 0.6) is 0 Å². The van der Waals surface area contributed by atoms with Crippen molar-refractivity contribution in [1.82, 2.24) is 0 Å². The molecular weight excluding hydrogens is 248 g/mol. The Labute approximate surface area is 111 Å². The molecule has 0 spiro atoms. The number of anilines is 1. The fraction of sp³-hybridized carbons (Fsp3) is 0.462. The smallest absolute Gasteiger partial charge is 0.293 e. The first-order valence-corrected chi connectivity index (χ1v) is 6.14. The van der Waals surface area contributed by atoms with E-state index in [4.69, 9.17) is 4.74 Å². The normalized spacial score (nSPS) is 23.2. The zero-order chi connectivity index (χ0) is 14.0. The highest BCUT2D eigenvalue weighted by molar-refractivity contribution is 5.79. The van der Waals surface area contributed by atoms with Crippen molar-refractivity contribution >= 4 is 17.7 Å². The Morgan fingerprint density at radius 3 is 2.84 bits per heavy atom. The molecule has 1 aromatic carbocycles. The van der Waals surface area contributed by atoms with Crippen LogP contribution in [0, 0.1) is 10.1 Å². The molecule has 6 nitrogen and oxygen atoms in total. The van der Waals surface area contributed by atoms with Gasteiger partial charge in [0.15, 0.2) is 0 Å². The molecule has 0 bridgehead atoms. The third kappa shape index (κ3) is 2.73. The lowest BCUT2D eigenvalue weighted by molar-refractivity contribution is -0.384. The largest absolute Gasteiger partial charge is 0.375 e. The first-order valence-electron chi connectivity index (χ1n) is 6.14. The summed E-state index contributed by atoms with van der Waals surface area (Å²) in [7, 11) is 0. The van der Waals surface area contributed by atoms with Gasteiger partial charge in [0.25, 0.3) is 5.69 Å². The SMILES string of the molecule is CC1CN(c2ccc(C=O)cc2[N+](=O)[O-])C(C)CO1. The van der Waals surface area contributed by atoms with Gasteiger partial charge < -0.3 is 9.64 Å². The molecule has 0 aromatic heterocycles. The van der Waals surface area contributed by atoms with Crippen molar-refractivity contribution in [3.05, 3.63) is 33.9 Å². The maximum atomic E-state index is 11.2. The maximum absolute atomic E-state index is 11.2. The van der Waals surface area contributed by atoms with Crippen LogP contribution in [-0.2, 0) is 4.74 Å². The molecule has 1 aromatic rings. The number of benzene rings is 1. The van der Waals surface area contributed by atoms with E-state index in [0.29, 0.717) is 30.7 Å². The van der Waals surface area contributed by atoms with Crippen LogP contribution in [-0.4, -0.2) is 36.5 Å². The van der Waals surface area contributed by atoms with E-state index in [1.807, 2.05) is 18.7 Å². The van der Waals surface area contributed by atoms with Gasteiger partial charge in [-0.05, 0) is 26.0 Å². The lowest BCUT2D eigenvalue weighted by Gasteiger charge is -2.38. The maximum Gasteiger partial charge on any atom is 0.293 e. The standard InChI is InChI=1S/C13H16N2O4/c1-9-8-19-10(2)6-14(9)12-4-3-11(7-16)5-13(12)15(17)18/h3-5,7,9-10H,6,8H2,1-2H3. The van der Waals surface area contributed by atoms with Crippen molar-refractivity contribution in [3.8, 4) is 0 Å². The van der Waals surface area contributed by atoms with Crippen molar-refractivity contribution in [2.45, 2.75) is 26.0 Å². The zero-order valence-corrected chi connectivity index (χ0v) is 10.9. The summed E-state index contributed by atoms with van der Waals surface area (Å²) in [5, 5.41) is 11.2. The third-order valence-corrected chi connectivity index (χ3v) is 3.25. The van der Waals surface area contributed by atoms with Crippen LogP contribution >= 0.6 is 0 Å². The molecule has 0 amide bonds. The number of hydrogen-bond acceptors (Lipinski definition) is 5. The average Bonchev–Trinajstić information content (AvgIpc) is 2.40. The number of morpholine rings is 1. The summed E-state index contributed by atoms with van der Waals surface area (Å²) >= 11 is 0. The number of ether oxygens (including phenoxy) is 1. The van der Waals surface area contributed by atoms with Gasteiger partial charge in [-0.2, -0.15) is 0 Å². The molecule has 1 aliphatic rings. The zero-order valence-electron chi connectivity index (χ0n) is 10.9. The highest BCUT2D eigenvalue weighted by Crippen LogP contribution is 2.32. The van der Waals surface area contributed by atoms with Gasteiger partial charge in [-0.25, -0.2) is 0 Å². The Balaban J connectivity index is 2.42. The number of aldehydes is 1. The third-order valence-electron chi connectivity index (χ3n) is 3.25. The Bertz CT molecular complexity index is 503. The average molecular weight is 264 g/mol. The summed E-state index contributed by atoms with van der Waals surface area (Å²) in [5.74, 6) is 0. The van der Waals surface area contributed by atoms with E-state index in [2.05, 4.69) is 0 Å². The number of nitrogens with zero attached hydrogens (tertiary/aromatic N) is 2. The summed E-state index contributed by atoms with van der Waals surface area (Å²) < 4.78 is 5.52.